The summed E-state index contributed by atoms with van der Waals surface area (Å²) in [6.45, 7) is 6.78. The molecule has 2 bridgehead atoms. The summed E-state index contributed by atoms with van der Waals surface area (Å²) in [7, 11) is 0. The molecule has 3 aliphatic rings. The molecule has 65 heavy (non-hydrogen) atoms. The van der Waals surface area contributed by atoms with Crippen molar-refractivity contribution in [3.05, 3.63) is 72.9 Å². The van der Waals surface area contributed by atoms with Crippen LogP contribution < -0.4 is 5.73 Å². The third kappa shape index (κ3) is 18.8. The molecule has 0 aromatic heterocycles. The first-order chi connectivity index (χ1) is 30.6. The summed E-state index contributed by atoms with van der Waals surface area (Å²) in [6, 6.07) is -1.14. The van der Waals surface area contributed by atoms with Crippen LogP contribution in [0.2, 0.25) is 0 Å². The SMILES string of the molecule is C[C@@H]1[C@H](O)[C@@H](C)/C=C/C=C/CC/C=C/C=C/C=C/C=C/[C@H](O[C@H]2O[C@@H](C)[C@H](O)[C@@H](N)[C@H]2O)C[C@@H]2O[C@](O)(C[C@@H](O)[C@H](O)CC[C@@H](O)C[C@@H](O)C[C@@H](O)CC(=O)O[C@H]1C)C[C@H](O)[C@H]2C(=O)O. The van der Waals surface area contributed by atoms with Gasteiger partial charge in [0.15, 0.2) is 12.1 Å². The minimum absolute atomic E-state index is 0.138. The maximum absolute atomic E-state index is 12.6. The van der Waals surface area contributed by atoms with Crippen molar-refractivity contribution in [3.63, 3.8) is 0 Å². The first kappa shape index (κ1) is 56.1. The van der Waals surface area contributed by atoms with Gasteiger partial charge >= 0.3 is 11.9 Å². The van der Waals surface area contributed by atoms with Crippen LogP contribution in [0.1, 0.15) is 91.9 Å². The fourth-order valence-electron chi connectivity index (χ4n) is 8.11. The molecule has 3 aliphatic heterocycles. The van der Waals surface area contributed by atoms with E-state index in [1.54, 1.807) is 38.2 Å². The van der Waals surface area contributed by atoms with Crippen molar-refractivity contribution < 1.29 is 84.7 Å². The third-order valence-electron chi connectivity index (χ3n) is 12.2. The lowest BCUT2D eigenvalue weighted by Gasteiger charge is -2.45. The Bertz CT molecular complexity index is 1620. The molecule has 18 heteroatoms. The second kappa shape index (κ2) is 27.6. The summed E-state index contributed by atoms with van der Waals surface area (Å²) in [5.41, 5.74) is 6.02. The van der Waals surface area contributed by atoms with E-state index in [0.29, 0.717) is 0 Å². The lowest BCUT2D eigenvalue weighted by molar-refractivity contribution is -0.310. The van der Waals surface area contributed by atoms with E-state index in [-0.39, 0.29) is 38.0 Å². The molecule has 2 saturated heterocycles. The van der Waals surface area contributed by atoms with Crippen LogP contribution in [0.5, 0.6) is 0 Å². The molecule has 0 saturated carbocycles. The lowest BCUT2D eigenvalue weighted by atomic mass is 9.82. The molecule has 0 aromatic rings. The van der Waals surface area contributed by atoms with Crippen LogP contribution in [0.3, 0.4) is 0 Å². The predicted molar refractivity (Wildman–Crippen MR) is 237 cm³/mol. The summed E-state index contributed by atoms with van der Waals surface area (Å²) in [6.07, 6.45) is 2.28. The Morgan fingerprint density at radius 3 is 1.94 bits per heavy atom. The van der Waals surface area contributed by atoms with Crippen LogP contribution in [0, 0.1) is 17.8 Å². The first-order valence-corrected chi connectivity index (χ1v) is 22.6. The van der Waals surface area contributed by atoms with Gasteiger partial charge in [-0.15, -0.1) is 0 Å². The normalized spacial score (nSPS) is 45.2. The summed E-state index contributed by atoms with van der Waals surface area (Å²) in [4.78, 5) is 25.1. The minimum atomic E-state index is -2.35. The van der Waals surface area contributed by atoms with E-state index in [2.05, 4.69) is 0 Å². The van der Waals surface area contributed by atoms with Crippen molar-refractivity contribution in [3.8, 4) is 0 Å². The average molecular weight is 926 g/mol. The second-order valence-corrected chi connectivity index (χ2v) is 17.8. The summed E-state index contributed by atoms with van der Waals surface area (Å²) in [5.74, 6) is -6.82. The number of esters is 1. The number of ether oxygens (including phenoxy) is 4. The molecule has 3 rings (SSSR count). The number of aliphatic hydroxyl groups is 10. The van der Waals surface area contributed by atoms with Gasteiger partial charge in [0.2, 0.25) is 0 Å². The molecule has 0 aromatic carbocycles. The number of allylic oxidation sites excluding steroid dienone is 10. The fourth-order valence-corrected chi connectivity index (χ4v) is 8.11. The number of aliphatic carboxylic acids is 1. The lowest BCUT2D eigenvalue weighted by Crippen LogP contribution is -2.61. The topological polar surface area (TPSA) is 320 Å². The van der Waals surface area contributed by atoms with Gasteiger partial charge in [0.25, 0.3) is 0 Å². The van der Waals surface area contributed by atoms with E-state index in [1.165, 1.54) is 13.0 Å². The van der Waals surface area contributed by atoms with E-state index in [9.17, 15) is 65.8 Å². The zero-order chi connectivity index (χ0) is 48.4. The Morgan fingerprint density at radius 1 is 0.692 bits per heavy atom. The first-order valence-electron chi connectivity index (χ1n) is 22.6. The molecule has 18 nitrogen and oxygen atoms in total. The molecule has 0 aliphatic carbocycles. The Labute approximate surface area is 381 Å². The molecule has 0 spiro atoms. The van der Waals surface area contributed by atoms with Gasteiger partial charge in [0.05, 0.1) is 79.6 Å². The smallest absolute Gasteiger partial charge is 0.311 e. The summed E-state index contributed by atoms with van der Waals surface area (Å²) < 4.78 is 23.2. The molecular weight excluding hydrogens is 851 g/mol. The van der Waals surface area contributed by atoms with Crippen LogP contribution in [0.25, 0.3) is 0 Å². The average Bonchev–Trinajstić information content (AvgIpc) is 3.21. The molecule has 3 heterocycles. The number of aliphatic hydroxyl groups excluding tert-OH is 9. The highest BCUT2D eigenvalue weighted by Gasteiger charge is 2.51. The monoisotopic (exact) mass is 926 g/mol. The zero-order valence-electron chi connectivity index (χ0n) is 37.8. The van der Waals surface area contributed by atoms with E-state index in [4.69, 9.17) is 24.7 Å². The maximum Gasteiger partial charge on any atom is 0.311 e. The van der Waals surface area contributed by atoms with Gasteiger partial charge in [-0.25, -0.2) is 0 Å². The van der Waals surface area contributed by atoms with Gasteiger partial charge in [0, 0.05) is 31.1 Å². The van der Waals surface area contributed by atoms with Crippen LogP contribution in [-0.2, 0) is 28.5 Å². The number of carbonyl (C=O) groups excluding carboxylic acids is 1. The molecule has 2 fully saturated rings. The number of fused-ring (bicyclic) bond motifs is 2. The molecule has 13 N–H and O–H groups in total. The highest BCUT2D eigenvalue weighted by molar-refractivity contribution is 5.71. The predicted octanol–water partition coefficient (Wildman–Crippen LogP) is 0.936. The number of rotatable bonds is 3. The highest BCUT2D eigenvalue weighted by atomic mass is 16.7. The van der Waals surface area contributed by atoms with Crippen LogP contribution >= 0.6 is 0 Å². The number of hydrogen-bond acceptors (Lipinski definition) is 17. The van der Waals surface area contributed by atoms with Crippen molar-refractivity contribution in [1.29, 1.82) is 0 Å². The largest absolute Gasteiger partial charge is 0.481 e. The zero-order valence-corrected chi connectivity index (χ0v) is 37.8. The molecule has 19 atom stereocenters. The van der Waals surface area contributed by atoms with Crippen molar-refractivity contribution in [2.24, 2.45) is 23.5 Å². The van der Waals surface area contributed by atoms with Gasteiger partial charge < -0.3 is 80.9 Å². The molecule has 0 unspecified atom stereocenters. The molecule has 0 amide bonds. The Kier molecular flexibility index (Phi) is 23.8. The van der Waals surface area contributed by atoms with Crippen molar-refractivity contribution in [2.75, 3.05) is 0 Å². The van der Waals surface area contributed by atoms with Gasteiger partial charge in [-0.2, -0.15) is 0 Å². The van der Waals surface area contributed by atoms with Crippen molar-refractivity contribution in [1.82, 2.24) is 0 Å². The Morgan fingerprint density at radius 2 is 1.28 bits per heavy atom. The Balaban J connectivity index is 1.84. The Hall–Kier alpha value is -3.18. The fraction of sp³-hybridized carbons (Fsp3) is 0.702. The van der Waals surface area contributed by atoms with Crippen molar-refractivity contribution >= 4 is 11.9 Å². The van der Waals surface area contributed by atoms with E-state index in [0.717, 1.165) is 12.8 Å². The van der Waals surface area contributed by atoms with Gasteiger partial charge in [-0.1, -0.05) is 86.8 Å². The van der Waals surface area contributed by atoms with E-state index < -0.39 is 141 Å². The summed E-state index contributed by atoms with van der Waals surface area (Å²) in [5, 5.41) is 118. The number of hydrogen-bond donors (Lipinski definition) is 12. The van der Waals surface area contributed by atoms with Crippen molar-refractivity contribution in [2.45, 2.75) is 189 Å². The molecule has 370 valence electrons. The van der Waals surface area contributed by atoms with Crippen LogP contribution in [-0.4, -0.2) is 166 Å². The maximum atomic E-state index is 12.6. The van der Waals surface area contributed by atoms with Gasteiger partial charge in [-0.3, -0.25) is 9.59 Å². The quantitative estimate of drug-likeness (QED) is 0.175. The number of nitrogens with two attached hydrogens (primary N) is 1. The number of carbonyl (C=O) groups is 2. The number of carboxylic acids is 1. The number of cyclic esters (lactones) is 1. The van der Waals surface area contributed by atoms with E-state index in [1.807, 2.05) is 49.5 Å². The minimum Gasteiger partial charge on any atom is -0.481 e. The molecule has 0 radical (unpaired) electrons. The van der Waals surface area contributed by atoms with Crippen LogP contribution in [0.4, 0.5) is 0 Å². The molecular formula is C47H75NO17. The highest BCUT2D eigenvalue weighted by Crippen LogP contribution is 2.38. The number of carboxylic acid groups (broad SMARTS) is 1. The van der Waals surface area contributed by atoms with E-state index >= 15 is 0 Å². The standard InChI is InChI=1S/C47H75NO17/c1-27-17-15-13-11-9-7-5-6-8-10-12-14-16-18-34(64-46-44(58)41(48)43(57)30(4)63-46)24-38-40(45(59)60)37(54)26-47(61,65-38)25-36(53)35(52)20-19-31(49)21-32(50)22-33(51)23-39(55)62-29(3)28(2)42(27)56/h5-6,8,10-18,27-38,40-44,46,49-54,56-58,61H,7,9,19-26,48H2,1-4H3,(H,59,60)/b6-5+,10-8+,13-11+,14-12+,17-15+,18-16+/t27-,28-,29-,30-,31+,32+,33+,34-,35+,36+,37-,38-,40+,41+,42+,43-,44+,46+,47+/m0/s1. The summed E-state index contributed by atoms with van der Waals surface area (Å²) >= 11 is 0. The van der Waals surface area contributed by atoms with Gasteiger partial charge in [-0.05, 0) is 52.4 Å². The van der Waals surface area contributed by atoms with Crippen LogP contribution in [0.15, 0.2) is 72.9 Å². The third-order valence-corrected chi connectivity index (χ3v) is 12.2. The second-order valence-electron chi connectivity index (χ2n) is 17.8. The van der Waals surface area contributed by atoms with Gasteiger partial charge in [0.1, 0.15) is 18.1 Å².